The van der Waals surface area contributed by atoms with Gasteiger partial charge in [0.15, 0.2) is 0 Å². The van der Waals surface area contributed by atoms with E-state index in [2.05, 4.69) is 152 Å². The minimum absolute atomic E-state index is 0.143. The Morgan fingerprint density at radius 3 is 1.91 bits per heavy atom. The molecular formula is C40H28N2O. The Bertz CT molecular complexity index is 2330. The molecule has 0 saturated carbocycles. The van der Waals surface area contributed by atoms with Crippen molar-refractivity contribution >= 4 is 60.7 Å². The first-order chi connectivity index (χ1) is 21.1. The smallest absolute Gasteiger partial charge is 0.138 e. The van der Waals surface area contributed by atoms with Crippen molar-refractivity contribution in [2.24, 2.45) is 0 Å². The molecule has 3 heterocycles. The third-order valence-electron chi connectivity index (χ3n) is 9.24. The summed E-state index contributed by atoms with van der Waals surface area (Å²) in [5, 5.41) is 6.92. The zero-order valence-corrected chi connectivity index (χ0v) is 24.0. The Hall–Kier alpha value is -5.41. The molecule has 1 aliphatic heterocycles. The number of aromatic nitrogens is 1. The van der Waals surface area contributed by atoms with Crippen LogP contribution in [0.5, 0.6) is 0 Å². The van der Waals surface area contributed by atoms with E-state index >= 15 is 0 Å². The van der Waals surface area contributed by atoms with E-state index in [4.69, 9.17) is 9.40 Å². The van der Waals surface area contributed by atoms with Crippen LogP contribution in [-0.4, -0.2) is 4.98 Å². The zero-order chi connectivity index (χ0) is 28.7. The second-order valence-electron chi connectivity index (χ2n) is 12.0. The van der Waals surface area contributed by atoms with E-state index in [1.165, 1.54) is 21.9 Å². The van der Waals surface area contributed by atoms with Crippen LogP contribution in [0.15, 0.2) is 138 Å². The lowest BCUT2D eigenvalue weighted by molar-refractivity contribution is 0.631. The van der Waals surface area contributed by atoms with E-state index in [9.17, 15) is 0 Å². The van der Waals surface area contributed by atoms with Crippen LogP contribution < -0.4 is 4.90 Å². The van der Waals surface area contributed by atoms with E-state index in [1.807, 2.05) is 0 Å². The summed E-state index contributed by atoms with van der Waals surface area (Å²) in [7, 11) is 0. The molecule has 0 fully saturated rings. The van der Waals surface area contributed by atoms with Crippen LogP contribution in [0, 0.1) is 0 Å². The molecule has 8 aromatic rings. The number of hydrogen-bond acceptors (Lipinski definition) is 3. The number of para-hydroxylation sites is 2. The Balaban J connectivity index is 1.45. The highest BCUT2D eigenvalue weighted by molar-refractivity contribution is 6.27. The zero-order valence-electron chi connectivity index (χ0n) is 24.0. The molecule has 204 valence electrons. The van der Waals surface area contributed by atoms with E-state index in [0.717, 1.165) is 61.2 Å². The average Bonchev–Trinajstić information content (AvgIpc) is 3.45. The van der Waals surface area contributed by atoms with Gasteiger partial charge >= 0.3 is 0 Å². The number of benzene rings is 6. The number of rotatable bonds is 2. The topological polar surface area (TPSA) is 29.3 Å². The van der Waals surface area contributed by atoms with Crippen LogP contribution in [0.25, 0.3) is 54.7 Å². The van der Waals surface area contributed by atoms with Crippen LogP contribution in [0.2, 0.25) is 0 Å². The van der Waals surface area contributed by atoms with Gasteiger partial charge in [0.25, 0.3) is 0 Å². The largest absolute Gasteiger partial charge is 0.456 e. The van der Waals surface area contributed by atoms with E-state index in [1.54, 1.807) is 0 Å². The first-order valence-electron chi connectivity index (χ1n) is 14.8. The second kappa shape index (κ2) is 8.80. The van der Waals surface area contributed by atoms with Crippen LogP contribution in [0.1, 0.15) is 25.0 Å². The third-order valence-corrected chi connectivity index (χ3v) is 9.24. The summed E-state index contributed by atoms with van der Waals surface area (Å²) in [6.45, 7) is 4.63. The molecule has 0 amide bonds. The molecule has 0 N–H and O–H groups in total. The third kappa shape index (κ3) is 3.39. The van der Waals surface area contributed by atoms with Crippen molar-refractivity contribution < 1.29 is 4.42 Å². The lowest BCUT2D eigenvalue weighted by atomic mass is 9.73. The van der Waals surface area contributed by atoms with E-state index < -0.39 is 0 Å². The Kier molecular flexibility index (Phi) is 4.95. The van der Waals surface area contributed by atoms with Gasteiger partial charge < -0.3 is 4.42 Å². The molecule has 0 saturated heterocycles. The van der Waals surface area contributed by atoms with E-state index in [0.29, 0.717) is 0 Å². The van der Waals surface area contributed by atoms with Crippen molar-refractivity contribution in [2.75, 3.05) is 4.90 Å². The number of furan rings is 1. The van der Waals surface area contributed by atoms with Crippen molar-refractivity contribution in [1.82, 2.24) is 4.98 Å². The maximum atomic E-state index is 6.51. The quantitative estimate of drug-likeness (QED) is 0.214. The monoisotopic (exact) mass is 552 g/mol. The van der Waals surface area contributed by atoms with Crippen molar-refractivity contribution in [3.05, 3.63) is 145 Å². The average molecular weight is 553 g/mol. The number of fused-ring (bicyclic) bond motifs is 9. The van der Waals surface area contributed by atoms with Gasteiger partial charge in [-0.1, -0.05) is 111 Å². The summed E-state index contributed by atoms with van der Waals surface area (Å²) in [6, 6.07) is 47.4. The Morgan fingerprint density at radius 2 is 1.16 bits per heavy atom. The second-order valence-corrected chi connectivity index (χ2v) is 12.0. The van der Waals surface area contributed by atoms with Gasteiger partial charge in [-0.25, -0.2) is 4.98 Å². The van der Waals surface area contributed by atoms with Crippen LogP contribution in [0.4, 0.5) is 17.2 Å². The Labute approximate surface area is 249 Å². The van der Waals surface area contributed by atoms with Crippen molar-refractivity contribution in [2.45, 2.75) is 19.3 Å². The highest BCUT2D eigenvalue weighted by Gasteiger charge is 2.37. The van der Waals surface area contributed by atoms with Gasteiger partial charge in [0, 0.05) is 27.1 Å². The summed E-state index contributed by atoms with van der Waals surface area (Å²) in [5.41, 5.74) is 8.58. The molecule has 2 aromatic heterocycles. The fourth-order valence-corrected chi connectivity index (χ4v) is 7.19. The molecule has 3 heteroatoms. The van der Waals surface area contributed by atoms with Gasteiger partial charge in [0.05, 0.1) is 17.1 Å². The minimum Gasteiger partial charge on any atom is -0.456 e. The summed E-state index contributed by atoms with van der Waals surface area (Å²) in [6.07, 6.45) is 0. The van der Waals surface area contributed by atoms with Crippen molar-refractivity contribution in [3.63, 3.8) is 0 Å². The number of hydrogen-bond donors (Lipinski definition) is 0. The molecule has 0 bridgehead atoms. The maximum Gasteiger partial charge on any atom is 0.138 e. The first kappa shape index (κ1) is 24.2. The normalized spacial score (nSPS) is 14.0. The lowest BCUT2D eigenvalue weighted by Gasteiger charge is -2.41. The standard InChI is InChI=1S/C40H28N2O/c1-40(2)30-16-8-10-18-32(30)42(33-19-11-9-17-31(33)40)36-24-29-28(39(41-36)26-13-4-3-5-14-26)21-23-35-38(29)37-27-15-7-6-12-25(27)20-22-34(37)43-35/h3-24H,1-2H3. The molecule has 0 unspecified atom stereocenters. The lowest BCUT2D eigenvalue weighted by Crippen LogP contribution is -2.30. The fraction of sp³-hybridized carbons (Fsp3) is 0.0750. The van der Waals surface area contributed by atoms with Gasteiger partial charge in [0.1, 0.15) is 17.0 Å². The highest BCUT2D eigenvalue weighted by Crippen LogP contribution is 2.52. The number of anilines is 3. The maximum absolute atomic E-state index is 6.51. The molecular weight excluding hydrogens is 524 g/mol. The summed E-state index contributed by atoms with van der Waals surface area (Å²) < 4.78 is 6.51. The van der Waals surface area contributed by atoms with Crippen molar-refractivity contribution in [1.29, 1.82) is 0 Å². The van der Waals surface area contributed by atoms with Crippen molar-refractivity contribution in [3.8, 4) is 11.3 Å². The summed E-state index contributed by atoms with van der Waals surface area (Å²) >= 11 is 0. The van der Waals surface area contributed by atoms with Gasteiger partial charge in [-0.05, 0) is 63.7 Å². The predicted octanol–water partition coefficient (Wildman–Crippen LogP) is 11.1. The predicted molar refractivity (Wildman–Crippen MR) is 179 cm³/mol. The van der Waals surface area contributed by atoms with Crippen LogP contribution in [-0.2, 0) is 5.41 Å². The molecule has 0 spiro atoms. The Morgan fingerprint density at radius 1 is 0.558 bits per heavy atom. The molecule has 9 rings (SSSR count). The number of pyridine rings is 1. The SMILES string of the molecule is CC1(C)c2ccccc2N(c2cc3c(ccc4oc5ccc6ccccc6c5c43)c(-c3ccccc3)n2)c2ccccc21. The summed E-state index contributed by atoms with van der Waals surface area (Å²) in [5.74, 6) is 0.892. The van der Waals surface area contributed by atoms with Gasteiger partial charge in [-0.2, -0.15) is 0 Å². The molecule has 3 nitrogen and oxygen atoms in total. The molecule has 0 atom stereocenters. The van der Waals surface area contributed by atoms with Crippen LogP contribution in [0.3, 0.4) is 0 Å². The number of nitrogens with zero attached hydrogens (tertiary/aromatic N) is 2. The molecule has 1 aliphatic rings. The van der Waals surface area contributed by atoms with Gasteiger partial charge in [-0.15, -0.1) is 0 Å². The molecule has 43 heavy (non-hydrogen) atoms. The van der Waals surface area contributed by atoms with Gasteiger partial charge in [-0.3, -0.25) is 4.90 Å². The highest BCUT2D eigenvalue weighted by atomic mass is 16.3. The summed E-state index contributed by atoms with van der Waals surface area (Å²) in [4.78, 5) is 7.82. The molecule has 0 radical (unpaired) electrons. The van der Waals surface area contributed by atoms with E-state index in [-0.39, 0.29) is 5.41 Å². The molecule has 0 aliphatic carbocycles. The minimum atomic E-state index is -0.143. The first-order valence-corrected chi connectivity index (χ1v) is 14.8. The fourth-order valence-electron chi connectivity index (χ4n) is 7.19. The van der Waals surface area contributed by atoms with Gasteiger partial charge in [0.2, 0.25) is 0 Å². The van der Waals surface area contributed by atoms with Crippen LogP contribution >= 0.6 is 0 Å². The molecule has 6 aromatic carbocycles.